The van der Waals surface area contributed by atoms with Crippen molar-refractivity contribution < 1.29 is 13.7 Å². The quantitative estimate of drug-likeness (QED) is 0.633. The van der Waals surface area contributed by atoms with Crippen LogP contribution in [0, 0.1) is 10.1 Å². The number of aromatic nitrogens is 2. The van der Waals surface area contributed by atoms with Crippen molar-refractivity contribution in [1.82, 2.24) is 9.36 Å². The maximum atomic E-state index is 12.9. The van der Waals surface area contributed by atoms with E-state index in [1.54, 1.807) is 0 Å². The van der Waals surface area contributed by atoms with Gasteiger partial charge in [-0.3, -0.25) is 14.9 Å². The Bertz CT molecular complexity index is 673. The molecule has 1 heterocycles. The van der Waals surface area contributed by atoms with E-state index in [1.807, 2.05) is 0 Å². The fraction of sp³-hybridized carbons (Fsp3) is 0.182. The van der Waals surface area contributed by atoms with E-state index in [1.165, 1.54) is 31.3 Å². The maximum Gasteiger partial charge on any atom is 0.332 e. The molecule has 0 saturated carbocycles. The van der Waals surface area contributed by atoms with Crippen LogP contribution in [0.3, 0.4) is 0 Å². The van der Waals surface area contributed by atoms with Crippen LogP contribution in [0.25, 0.3) is 11.3 Å². The lowest BCUT2D eigenvalue weighted by atomic mass is 10.1. The lowest BCUT2D eigenvalue weighted by Gasteiger charge is -2.10. The Morgan fingerprint density at radius 3 is 2.32 bits per heavy atom. The standard InChI is InChI=1S/C11H9F2N3O3/c1-14-10(17)6-9(15(14)11(12)13)7-2-4-8(5-3-7)16(18)19/h2-6,11H,1H3. The highest BCUT2D eigenvalue weighted by molar-refractivity contribution is 5.61. The van der Waals surface area contributed by atoms with Gasteiger partial charge in [0, 0.05) is 30.8 Å². The van der Waals surface area contributed by atoms with Crippen LogP contribution in [0.2, 0.25) is 0 Å². The van der Waals surface area contributed by atoms with Gasteiger partial charge in [0.1, 0.15) is 0 Å². The Hall–Kier alpha value is -2.51. The monoisotopic (exact) mass is 269 g/mol. The minimum absolute atomic E-state index is 0.0115. The first kappa shape index (κ1) is 12.9. The number of nitro benzene ring substituents is 1. The second kappa shape index (κ2) is 4.63. The average molecular weight is 269 g/mol. The molecule has 6 nitrogen and oxygen atoms in total. The topological polar surface area (TPSA) is 70.1 Å². The Labute approximate surface area is 105 Å². The molecule has 0 atom stereocenters. The Morgan fingerprint density at radius 1 is 1.26 bits per heavy atom. The van der Waals surface area contributed by atoms with Crippen molar-refractivity contribution >= 4 is 5.69 Å². The second-order valence-electron chi connectivity index (χ2n) is 3.82. The predicted molar refractivity (Wildman–Crippen MR) is 63.0 cm³/mol. The number of benzene rings is 1. The molecule has 1 aromatic carbocycles. The van der Waals surface area contributed by atoms with Crippen LogP contribution < -0.4 is 5.56 Å². The Morgan fingerprint density at radius 2 is 1.84 bits per heavy atom. The molecule has 0 spiro atoms. The molecule has 0 radical (unpaired) electrons. The SMILES string of the molecule is Cn1c(=O)cc(-c2ccc([N+](=O)[O-])cc2)n1C(F)F. The van der Waals surface area contributed by atoms with Crippen LogP contribution in [0.4, 0.5) is 14.5 Å². The summed E-state index contributed by atoms with van der Waals surface area (Å²) in [6, 6.07) is 6.11. The van der Waals surface area contributed by atoms with Gasteiger partial charge >= 0.3 is 6.55 Å². The van der Waals surface area contributed by atoms with Gasteiger partial charge < -0.3 is 0 Å². The average Bonchev–Trinajstić information content (AvgIpc) is 2.66. The van der Waals surface area contributed by atoms with Crippen LogP contribution in [0.1, 0.15) is 6.55 Å². The largest absolute Gasteiger partial charge is 0.332 e. The number of hydrogen-bond donors (Lipinski definition) is 0. The molecule has 0 saturated heterocycles. The first-order valence-corrected chi connectivity index (χ1v) is 5.23. The van der Waals surface area contributed by atoms with E-state index in [4.69, 9.17) is 0 Å². The van der Waals surface area contributed by atoms with Crippen molar-refractivity contribution in [3.8, 4) is 11.3 Å². The molecular formula is C11H9F2N3O3. The zero-order chi connectivity index (χ0) is 14.2. The smallest absolute Gasteiger partial charge is 0.268 e. The van der Waals surface area contributed by atoms with Gasteiger partial charge in [0.05, 0.1) is 10.6 Å². The van der Waals surface area contributed by atoms with Gasteiger partial charge in [0.15, 0.2) is 0 Å². The van der Waals surface area contributed by atoms with E-state index in [0.717, 1.165) is 10.7 Å². The number of halogens is 2. The van der Waals surface area contributed by atoms with E-state index >= 15 is 0 Å². The van der Waals surface area contributed by atoms with Gasteiger partial charge in [-0.1, -0.05) is 0 Å². The van der Waals surface area contributed by atoms with Gasteiger partial charge in [-0.15, -0.1) is 0 Å². The van der Waals surface area contributed by atoms with Crippen molar-refractivity contribution in [2.24, 2.45) is 7.05 Å². The minimum atomic E-state index is -2.88. The number of nitro groups is 1. The summed E-state index contributed by atoms with van der Waals surface area (Å²) in [6.07, 6.45) is 0. The molecular weight excluding hydrogens is 260 g/mol. The summed E-state index contributed by atoms with van der Waals surface area (Å²) in [7, 11) is 1.23. The molecule has 0 bridgehead atoms. The molecule has 0 unspecified atom stereocenters. The molecule has 100 valence electrons. The summed E-state index contributed by atoms with van der Waals surface area (Å²) in [6.45, 7) is -2.88. The third-order valence-corrected chi connectivity index (χ3v) is 2.71. The highest BCUT2D eigenvalue weighted by atomic mass is 19.3. The molecule has 0 aliphatic carbocycles. The number of hydrogen-bond acceptors (Lipinski definition) is 3. The first-order chi connectivity index (χ1) is 8.91. The van der Waals surface area contributed by atoms with Gasteiger partial charge in [0.2, 0.25) is 0 Å². The van der Waals surface area contributed by atoms with E-state index in [2.05, 4.69) is 0 Å². The van der Waals surface area contributed by atoms with Gasteiger partial charge in [-0.25, -0.2) is 9.36 Å². The number of non-ortho nitro benzene ring substituents is 1. The van der Waals surface area contributed by atoms with Gasteiger partial charge in [-0.2, -0.15) is 8.78 Å². The third-order valence-electron chi connectivity index (χ3n) is 2.71. The zero-order valence-electron chi connectivity index (χ0n) is 9.79. The Balaban J connectivity index is 2.56. The van der Waals surface area contributed by atoms with Crippen molar-refractivity contribution in [2.45, 2.75) is 6.55 Å². The van der Waals surface area contributed by atoms with E-state index in [9.17, 15) is 23.7 Å². The summed E-state index contributed by atoms with van der Waals surface area (Å²) in [5.74, 6) is 0. The van der Waals surface area contributed by atoms with E-state index in [0.29, 0.717) is 10.2 Å². The second-order valence-corrected chi connectivity index (χ2v) is 3.82. The van der Waals surface area contributed by atoms with Crippen LogP contribution in [0.15, 0.2) is 35.1 Å². The van der Waals surface area contributed by atoms with Crippen LogP contribution in [-0.2, 0) is 7.05 Å². The molecule has 8 heteroatoms. The van der Waals surface area contributed by atoms with Crippen LogP contribution >= 0.6 is 0 Å². The highest BCUT2D eigenvalue weighted by Gasteiger charge is 2.18. The molecule has 19 heavy (non-hydrogen) atoms. The van der Waals surface area contributed by atoms with Crippen molar-refractivity contribution in [1.29, 1.82) is 0 Å². The van der Waals surface area contributed by atoms with Crippen molar-refractivity contribution in [3.63, 3.8) is 0 Å². The molecule has 0 aliphatic rings. The minimum Gasteiger partial charge on any atom is -0.268 e. The normalized spacial score (nSPS) is 10.9. The summed E-state index contributed by atoms with van der Waals surface area (Å²) < 4.78 is 27.1. The highest BCUT2D eigenvalue weighted by Crippen LogP contribution is 2.25. The zero-order valence-corrected chi connectivity index (χ0v) is 9.79. The molecule has 0 aliphatic heterocycles. The number of rotatable bonds is 3. The van der Waals surface area contributed by atoms with Crippen LogP contribution in [-0.4, -0.2) is 14.3 Å². The molecule has 1 aromatic heterocycles. The summed E-state index contributed by atoms with van der Waals surface area (Å²) in [5, 5.41) is 10.5. The lowest BCUT2D eigenvalue weighted by molar-refractivity contribution is -0.384. The summed E-state index contributed by atoms with van der Waals surface area (Å²) >= 11 is 0. The van der Waals surface area contributed by atoms with E-state index in [-0.39, 0.29) is 11.4 Å². The Kier molecular flexibility index (Phi) is 3.16. The first-order valence-electron chi connectivity index (χ1n) is 5.23. The lowest BCUT2D eigenvalue weighted by Crippen LogP contribution is -2.19. The third kappa shape index (κ3) is 2.24. The predicted octanol–water partition coefficient (Wildman–Crippen LogP) is 2.16. The molecule has 0 N–H and O–H groups in total. The van der Waals surface area contributed by atoms with Gasteiger partial charge in [0.25, 0.3) is 11.2 Å². The fourth-order valence-electron chi connectivity index (χ4n) is 1.75. The summed E-state index contributed by atoms with van der Waals surface area (Å²) in [4.78, 5) is 21.3. The number of nitrogens with zero attached hydrogens (tertiary/aromatic N) is 3. The molecule has 2 aromatic rings. The molecule has 2 rings (SSSR count). The van der Waals surface area contributed by atoms with Crippen molar-refractivity contribution in [2.75, 3.05) is 0 Å². The van der Waals surface area contributed by atoms with Gasteiger partial charge in [-0.05, 0) is 12.1 Å². The maximum absolute atomic E-state index is 12.9. The molecule has 0 fully saturated rings. The number of alkyl halides is 2. The van der Waals surface area contributed by atoms with Crippen molar-refractivity contribution in [3.05, 3.63) is 50.8 Å². The fourth-order valence-corrected chi connectivity index (χ4v) is 1.75. The molecule has 0 amide bonds. The summed E-state index contributed by atoms with van der Waals surface area (Å²) in [5.41, 5.74) is -0.403. The van der Waals surface area contributed by atoms with Crippen LogP contribution in [0.5, 0.6) is 0 Å². The van der Waals surface area contributed by atoms with E-state index < -0.39 is 17.0 Å².